The topological polar surface area (TPSA) is 46.3 Å². The highest BCUT2D eigenvalue weighted by Crippen LogP contribution is 2.27. The number of amides is 1. The molecule has 2 N–H and O–H groups in total. The summed E-state index contributed by atoms with van der Waals surface area (Å²) in [6.07, 6.45) is 4.75. The Hall–Kier alpha value is -1.51. The molecule has 0 bridgehead atoms. The average molecular weight is 246 g/mol. The van der Waals surface area contributed by atoms with E-state index >= 15 is 0 Å². The number of hydrogen-bond acceptors (Lipinski definition) is 2. The molecule has 3 heteroatoms. The maximum atomic E-state index is 12.4. The highest BCUT2D eigenvalue weighted by atomic mass is 16.2. The van der Waals surface area contributed by atoms with Gasteiger partial charge in [-0.3, -0.25) is 4.79 Å². The number of nitrogen functional groups attached to an aromatic ring is 1. The molecule has 0 aromatic heterocycles. The van der Waals surface area contributed by atoms with E-state index in [9.17, 15) is 4.79 Å². The summed E-state index contributed by atoms with van der Waals surface area (Å²) >= 11 is 0. The fourth-order valence-corrected chi connectivity index (χ4v) is 2.80. The smallest absolute Gasteiger partial charge is 0.253 e. The van der Waals surface area contributed by atoms with E-state index in [4.69, 9.17) is 5.73 Å². The molecule has 3 nitrogen and oxygen atoms in total. The molecule has 1 amide bonds. The van der Waals surface area contributed by atoms with E-state index in [2.05, 4.69) is 6.92 Å². The van der Waals surface area contributed by atoms with Crippen molar-refractivity contribution < 1.29 is 4.79 Å². The van der Waals surface area contributed by atoms with Crippen molar-refractivity contribution in [3.63, 3.8) is 0 Å². The van der Waals surface area contributed by atoms with Crippen LogP contribution >= 0.6 is 0 Å². The highest BCUT2D eigenvalue weighted by molar-refractivity contribution is 5.95. The molecule has 0 aliphatic heterocycles. The molecule has 1 saturated carbocycles. The van der Waals surface area contributed by atoms with Crippen LogP contribution in [0.4, 0.5) is 5.69 Å². The van der Waals surface area contributed by atoms with Crippen LogP contribution in [0, 0.1) is 5.92 Å². The van der Waals surface area contributed by atoms with Gasteiger partial charge < -0.3 is 10.6 Å². The van der Waals surface area contributed by atoms with E-state index in [-0.39, 0.29) is 5.91 Å². The molecule has 2 unspecified atom stereocenters. The maximum Gasteiger partial charge on any atom is 0.253 e. The van der Waals surface area contributed by atoms with Crippen LogP contribution in [0.15, 0.2) is 24.3 Å². The Morgan fingerprint density at radius 2 is 2.17 bits per heavy atom. The summed E-state index contributed by atoms with van der Waals surface area (Å²) < 4.78 is 0. The first-order chi connectivity index (χ1) is 8.58. The van der Waals surface area contributed by atoms with E-state index in [0.29, 0.717) is 17.3 Å². The minimum absolute atomic E-state index is 0.0846. The molecule has 1 aromatic rings. The lowest BCUT2D eigenvalue weighted by atomic mass is 9.86. The monoisotopic (exact) mass is 246 g/mol. The fourth-order valence-electron chi connectivity index (χ4n) is 2.80. The molecule has 1 aliphatic rings. The molecule has 1 aromatic carbocycles. The average Bonchev–Trinajstić information content (AvgIpc) is 2.37. The van der Waals surface area contributed by atoms with Gasteiger partial charge in [-0.25, -0.2) is 0 Å². The predicted octanol–water partition coefficient (Wildman–Crippen LogP) is 2.92. The summed E-state index contributed by atoms with van der Waals surface area (Å²) in [7, 11) is 1.91. The minimum Gasteiger partial charge on any atom is -0.399 e. The summed E-state index contributed by atoms with van der Waals surface area (Å²) in [5.74, 6) is 0.807. The summed E-state index contributed by atoms with van der Waals surface area (Å²) in [4.78, 5) is 14.3. The van der Waals surface area contributed by atoms with Gasteiger partial charge in [0.05, 0.1) is 0 Å². The first-order valence-electron chi connectivity index (χ1n) is 6.70. The molecule has 0 saturated heterocycles. The third kappa shape index (κ3) is 2.84. The second kappa shape index (κ2) is 5.42. The van der Waals surface area contributed by atoms with Gasteiger partial charge in [-0.15, -0.1) is 0 Å². The van der Waals surface area contributed by atoms with Crippen molar-refractivity contribution in [3.05, 3.63) is 29.8 Å². The Morgan fingerprint density at radius 3 is 2.83 bits per heavy atom. The van der Waals surface area contributed by atoms with Crippen LogP contribution in [-0.4, -0.2) is 23.9 Å². The van der Waals surface area contributed by atoms with Crippen LogP contribution in [0.2, 0.25) is 0 Å². The van der Waals surface area contributed by atoms with Crippen LogP contribution < -0.4 is 5.73 Å². The van der Waals surface area contributed by atoms with Crippen molar-refractivity contribution >= 4 is 11.6 Å². The van der Waals surface area contributed by atoms with E-state index in [1.54, 1.807) is 12.1 Å². The zero-order valence-electron chi connectivity index (χ0n) is 11.2. The maximum absolute atomic E-state index is 12.4. The molecule has 0 heterocycles. The lowest BCUT2D eigenvalue weighted by molar-refractivity contribution is 0.0672. The number of nitrogens with zero attached hydrogens (tertiary/aromatic N) is 1. The molecule has 1 fully saturated rings. The largest absolute Gasteiger partial charge is 0.399 e. The Morgan fingerprint density at radius 1 is 1.39 bits per heavy atom. The Kier molecular flexibility index (Phi) is 3.90. The molecular weight excluding hydrogens is 224 g/mol. The molecule has 2 rings (SSSR count). The van der Waals surface area contributed by atoms with Gasteiger partial charge in [-0.05, 0) is 37.0 Å². The van der Waals surface area contributed by atoms with E-state index in [1.807, 2.05) is 24.1 Å². The SMILES string of the molecule is CC1CCCC(N(C)C(=O)c2cccc(N)c2)C1. The lowest BCUT2D eigenvalue weighted by Gasteiger charge is -2.34. The van der Waals surface area contributed by atoms with Gasteiger partial charge in [0, 0.05) is 24.3 Å². The van der Waals surface area contributed by atoms with Crippen molar-refractivity contribution in [1.82, 2.24) is 4.90 Å². The second-order valence-electron chi connectivity index (χ2n) is 5.47. The number of anilines is 1. The van der Waals surface area contributed by atoms with Crippen molar-refractivity contribution in [2.75, 3.05) is 12.8 Å². The van der Waals surface area contributed by atoms with Crippen LogP contribution in [0.25, 0.3) is 0 Å². The summed E-state index contributed by atoms with van der Waals surface area (Å²) in [6.45, 7) is 2.27. The number of rotatable bonds is 2. The molecule has 2 atom stereocenters. The van der Waals surface area contributed by atoms with Gasteiger partial charge in [0.15, 0.2) is 0 Å². The highest BCUT2D eigenvalue weighted by Gasteiger charge is 2.25. The Labute approximate surface area is 109 Å². The zero-order chi connectivity index (χ0) is 13.1. The first kappa shape index (κ1) is 12.9. The van der Waals surface area contributed by atoms with E-state index < -0.39 is 0 Å². The van der Waals surface area contributed by atoms with Gasteiger partial charge in [-0.2, -0.15) is 0 Å². The Bertz CT molecular complexity index is 430. The molecule has 98 valence electrons. The van der Waals surface area contributed by atoms with Gasteiger partial charge in [0.25, 0.3) is 5.91 Å². The van der Waals surface area contributed by atoms with E-state index in [0.717, 1.165) is 18.8 Å². The summed E-state index contributed by atoms with van der Waals surface area (Å²) in [6, 6.07) is 7.61. The third-order valence-corrected chi connectivity index (χ3v) is 3.91. The van der Waals surface area contributed by atoms with Crippen molar-refractivity contribution in [2.45, 2.75) is 38.6 Å². The standard InChI is InChI=1S/C15H22N2O/c1-11-5-3-8-14(9-11)17(2)15(18)12-6-4-7-13(16)10-12/h4,6-7,10-11,14H,3,5,8-9,16H2,1-2H3. The zero-order valence-corrected chi connectivity index (χ0v) is 11.2. The number of carbonyl (C=O) groups excluding carboxylic acids is 1. The van der Waals surface area contributed by atoms with Crippen LogP contribution in [0.1, 0.15) is 43.0 Å². The van der Waals surface area contributed by atoms with Crippen molar-refractivity contribution in [1.29, 1.82) is 0 Å². The van der Waals surface area contributed by atoms with Gasteiger partial charge in [-0.1, -0.05) is 25.8 Å². The molecule has 0 radical (unpaired) electrons. The Balaban J connectivity index is 2.08. The molecule has 18 heavy (non-hydrogen) atoms. The second-order valence-corrected chi connectivity index (χ2v) is 5.47. The predicted molar refractivity (Wildman–Crippen MR) is 74.4 cm³/mol. The van der Waals surface area contributed by atoms with Crippen LogP contribution in [0.5, 0.6) is 0 Å². The minimum atomic E-state index is 0.0846. The number of hydrogen-bond donors (Lipinski definition) is 1. The first-order valence-corrected chi connectivity index (χ1v) is 6.70. The molecule has 0 spiro atoms. The lowest BCUT2D eigenvalue weighted by Crippen LogP contribution is -2.39. The van der Waals surface area contributed by atoms with Crippen LogP contribution in [-0.2, 0) is 0 Å². The van der Waals surface area contributed by atoms with Gasteiger partial charge in [0.2, 0.25) is 0 Å². The normalized spacial score (nSPS) is 23.7. The van der Waals surface area contributed by atoms with Crippen molar-refractivity contribution in [2.24, 2.45) is 5.92 Å². The van der Waals surface area contributed by atoms with E-state index in [1.165, 1.54) is 12.8 Å². The fraction of sp³-hybridized carbons (Fsp3) is 0.533. The number of nitrogens with two attached hydrogens (primary N) is 1. The summed E-state index contributed by atoms with van der Waals surface area (Å²) in [5, 5.41) is 0. The van der Waals surface area contributed by atoms with Gasteiger partial charge in [0.1, 0.15) is 0 Å². The quantitative estimate of drug-likeness (QED) is 0.815. The van der Waals surface area contributed by atoms with Crippen LogP contribution in [0.3, 0.4) is 0 Å². The number of carbonyl (C=O) groups is 1. The third-order valence-electron chi connectivity index (χ3n) is 3.91. The summed E-state index contributed by atoms with van der Waals surface area (Å²) in [5.41, 5.74) is 7.06. The molecule has 1 aliphatic carbocycles. The molecular formula is C15H22N2O. The van der Waals surface area contributed by atoms with Gasteiger partial charge >= 0.3 is 0 Å². The van der Waals surface area contributed by atoms with Crippen molar-refractivity contribution in [3.8, 4) is 0 Å². The number of benzene rings is 1.